The standard InChI is InChI=1S/C17H27N.C2H6/c1-3-16-7-9-17(10-8-16)13-15(2)14-18-11-5-4-6-12-18;1-2/h7-10,15H,3-6,11-14H2,1-2H3;1-2H3. The van der Waals surface area contributed by atoms with Crippen LogP contribution in [0.15, 0.2) is 24.3 Å². The monoisotopic (exact) mass is 275 g/mol. The van der Waals surface area contributed by atoms with Gasteiger partial charge in [0, 0.05) is 6.54 Å². The molecule has 1 aromatic carbocycles. The summed E-state index contributed by atoms with van der Waals surface area (Å²) in [6, 6.07) is 9.18. The highest BCUT2D eigenvalue weighted by Crippen LogP contribution is 2.15. The summed E-state index contributed by atoms with van der Waals surface area (Å²) in [5, 5.41) is 0. The Balaban J connectivity index is 0.000000956. The lowest BCUT2D eigenvalue weighted by atomic mass is 9.98. The number of aryl methyl sites for hydroxylation is 1. The third-order valence-electron chi connectivity index (χ3n) is 4.03. The topological polar surface area (TPSA) is 3.24 Å². The molecule has 1 heterocycles. The van der Waals surface area contributed by atoms with Crippen molar-refractivity contribution in [1.29, 1.82) is 0 Å². The van der Waals surface area contributed by atoms with E-state index in [2.05, 4.69) is 43.0 Å². The third kappa shape index (κ3) is 6.09. The molecule has 1 unspecified atom stereocenters. The second-order valence-corrected chi connectivity index (χ2v) is 5.84. The number of benzene rings is 1. The quantitative estimate of drug-likeness (QED) is 0.735. The lowest BCUT2D eigenvalue weighted by Crippen LogP contribution is -2.34. The average molecular weight is 275 g/mol. The van der Waals surface area contributed by atoms with Crippen molar-refractivity contribution in [2.24, 2.45) is 5.92 Å². The first-order chi connectivity index (χ1) is 9.78. The molecule has 114 valence electrons. The van der Waals surface area contributed by atoms with Gasteiger partial charge in [0.05, 0.1) is 0 Å². The van der Waals surface area contributed by atoms with Gasteiger partial charge >= 0.3 is 0 Å². The molecule has 1 fully saturated rings. The molecule has 2 rings (SSSR count). The maximum atomic E-state index is 2.65. The fourth-order valence-corrected chi connectivity index (χ4v) is 2.96. The molecule has 20 heavy (non-hydrogen) atoms. The Kier molecular flexibility index (Phi) is 8.60. The molecule has 0 radical (unpaired) electrons. The summed E-state index contributed by atoms with van der Waals surface area (Å²) < 4.78 is 0. The van der Waals surface area contributed by atoms with Gasteiger partial charge in [-0.1, -0.05) is 58.4 Å². The Labute approximate surface area is 126 Å². The summed E-state index contributed by atoms with van der Waals surface area (Å²) in [5.41, 5.74) is 2.94. The van der Waals surface area contributed by atoms with Gasteiger partial charge in [-0.25, -0.2) is 0 Å². The van der Waals surface area contributed by atoms with Gasteiger partial charge in [0.2, 0.25) is 0 Å². The van der Waals surface area contributed by atoms with Gasteiger partial charge in [-0.05, 0) is 55.8 Å². The molecule has 0 spiro atoms. The Bertz CT molecular complexity index is 335. The van der Waals surface area contributed by atoms with Crippen LogP contribution in [0, 0.1) is 5.92 Å². The van der Waals surface area contributed by atoms with Crippen molar-refractivity contribution in [3.8, 4) is 0 Å². The number of hydrogen-bond acceptors (Lipinski definition) is 1. The van der Waals surface area contributed by atoms with E-state index in [1.807, 2.05) is 13.8 Å². The number of hydrogen-bond donors (Lipinski definition) is 0. The summed E-state index contributed by atoms with van der Waals surface area (Å²) in [5.74, 6) is 0.774. The first-order valence-corrected chi connectivity index (χ1v) is 8.58. The molecule has 1 heteroatoms. The predicted molar refractivity (Wildman–Crippen MR) is 90.3 cm³/mol. The SMILES string of the molecule is CC.CCc1ccc(CC(C)CN2CCCCC2)cc1. The molecule has 1 nitrogen and oxygen atoms in total. The number of piperidine rings is 1. The number of rotatable bonds is 5. The van der Waals surface area contributed by atoms with E-state index in [1.54, 1.807) is 0 Å². The second kappa shape index (κ2) is 9.99. The van der Waals surface area contributed by atoms with Crippen LogP contribution < -0.4 is 0 Å². The molecular weight excluding hydrogens is 242 g/mol. The highest BCUT2D eigenvalue weighted by atomic mass is 15.1. The van der Waals surface area contributed by atoms with Crippen molar-refractivity contribution in [2.75, 3.05) is 19.6 Å². The van der Waals surface area contributed by atoms with Crippen LogP contribution in [0.3, 0.4) is 0 Å². The second-order valence-electron chi connectivity index (χ2n) is 5.84. The minimum absolute atomic E-state index is 0.774. The van der Waals surface area contributed by atoms with Crippen LogP contribution >= 0.6 is 0 Å². The molecule has 1 saturated heterocycles. The molecule has 0 saturated carbocycles. The fourth-order valence-electron chi connectivity index (χ4n) is 2.96. The maximum Gasteiger partial charge on any atom is 0.00102 e. The van der Waals surface area contributed by atoms with Gasteiger partial charge in [-0.2, -0.15) is 0 Å². The van der Waals surface area contributed by atoms with Crippen molar-refractivity contribution >= 4 is 0 Å². The molecule has 1 aliphatic rings. The van der Waals surface area contributed by atoms with E-state index in [9.17, 15) is 0 Å². The normalized spacial score (nSPS) is 17.2. The van der Waals surface area contributed by atoms with Crippen molar-refractivity contribution in [2.45, 2.75) is 59.8 Å². The first-order valence-electron chi connectivity index (χ1n) is 8.58. The van der Waals surface area contributed by atoms with Crippen molar-refractivity contribution in [1.82, 2.24) is 4.90 Å². The molecule has 0 bridgehead atoms. The van der Waals surface area contributed by atoms with Gasteiger partial charge in [0.15, 0.2) is 0 Å². The van der Waals surface area contributed by atoms with E-state index in [1.165, 1.54) is 56.4 Å². The van der Waals surface area contributed by atoms with Crippen molar-refractivity contribution in [3.05, 3.63) is 35.4 Å². The Morgan fingerprint density at radius 3 is 2.05 bits per heavy atom. The van der Waals surface area contributed by atoms with Crippen LogP contribution in [-0.2, 0) is 12.8 Å². The minimum atomic E-state index is 0.774. The van der Waals surface area contributed by atoms with E-state index in [0.29, 0.717) is 0 Å². The number of likely N-dealkylation sites (tertiary alicyclic amines) is 1. The van der Waals surface area contributed by atoms with E-state index in [0.717, 1.165) is 12.3 Å². The number of nitrogens with zero attached hydrogens (tertiary/aromatic N) is 1. The van der Waals surface area contributed by atoms with Crippen LogP contribution in [0.4, 0.5) is 0 Å². The van der Waals surface area contributed by atoms with Crippen LogP contribution in [0.2, 0.25) is 0 Å². The highest BCUT2D eigenvalue weighted by Gasteiger charge is 2.13. The Morgan fingerprint density at radius 2 is 1.50 bits per heavy atom. The van der Waals surface area contributed by atoms with Gasteiger partial charge in [-0.3, -0.25) is 0 Å². The molecule has 1 aromatic rings. The summed E-state index contributed by atoms with van der Waals surface area (Å²) >= 11 is 0. The molecule has 1 aliphatic heterocycles. The zero-order valence-electron chi connectivity index (χ0n) is 14.0. The van der Waals surface area contributed by atoms with Gasteiger partial charge in [0.25, 0.3) is 0 Å². The molecule has 1 atom stereocenters. The maximum absolute atomic E-state index is 2.65. The molecule has 0 amide bonds. The minimum Gasteiger partial charge on any atom is -0.303 e. The average Bonchev–Trinajstić information content (AvgIpc) is 2.51. The molecule has 0 N–H and O–H groups in total. The van der Waals surface area contributed by atoms with Crippen LogP contribution in [0.1, 0.15) is 58.1 Å². The summed E-state index contributed by atoms with van der Waals surface area (Å²) in [6.45, 7) is 12.5. The van der Waals surface area contributed by atoms with Crippen molar-refractivity contribution < 1.29 is 0 Å². The van der Waals surface area contributed by atoms with E-state index < -0.39 is 0 Å². The lowest BCUT2D eigenvalue weighted by Gasteiger charge is -2.29. The zero-order chi connectivity index (χ0) is 14.8. The molecular formula is C19H33N. The van der Waals surface area contributed by atoms with Crippen LogP contribution in [0.5, 0.6) is 0 Å². The van der Waals surface area contributed by atoms with Crippen molar-refractivity contribution in [3.63, 3.8) is 0 Å². The van der Waals surface area contributed by atoms with Crippen LogP contribution in [-0.4, -0.2) is 24.5 Å². The highest BCUT2D eigenvalue weighted by molar-refractivity contribution is 5.22. The van der Waals surface area contributed by atoms with Gasteiger partial charge in [-0.15, -0.1) is 0 Å². The Hall–Kier alpha value is -0.820. The Morgan fingerprint density at radius 1 is 0.950 bits per heavy atom. The summed E-state index contributed by atoms with van der Waals surface area (Å²) in [6.07, 6.45) is 6.60. The largest absolute Gasteiger partial charge is 0.303 e. The van der Waals surface area contributed by atoms with Crippen LogP contribution in [0.25, 0.3) is 0 Å². The lowest BCUT2D eigenvalue weighted by molar-refractivity contribution is 0.200. The summed E-state index contributed by atoms with van der Waals surface area (Å²) in [4.78, 5) is 2.65. The third-order valence-corrected chi connectivity index (χ3v) is 4.03. The van der Waals surface area contributed by atoms with E-state index in [4.69, 9.17) is 0 Å². The van der Waals surface area contributed by atoms with E-state index >= 15 is 0 Å². The zero-order valence-corrected chi connectivity index (χ0v) is 14.0. The van der Waals surface area contributed by atoms with Gasteiger partial charge in [0.1, 0.15) is 0 Å². The predicted octanol–water partition coefficient (Wildman–Crippen LogP) is 4.94. The first kappa shape index (κ1) is 17.2. The fraction of sp³-hybridized carbons (Fsp3) is 0.684. The molecule has 0 aromatic heterocycles. The summed E-state index contributed by atoms with van der Waals surface area (Å²) in [7, 11) is 0. The smallest absolute Gasteiger partial charge is 0.00102 e. The van der Waals surface area contributed by atoms with E-state index in [-0.39, 0.29) is 0 Å². The van der Waals surface area contributed by atoms with Gasteiger partial charge < -0.3 is 4.90 Å². The molecule has 0 aliphatic carbocycles.